The largest absolute Gasteiger partial charge is 0.349 e. The fourth-order valence-corrected chi connectivity index (χ4v) is 2.87. The highest BCUT2D eigenvalue weighted by Crippen LogP contribution is 2.46. The highest BCUT2D eigenvalue weighted by Gasteiger charge is 2.51. The van der Waals surface area contributed by atoms with E-state index in [1.807, 2.05) is 0 Å². The highest BCUT2D eigenvalue weighted by molar-refractivity contribution is 5.85. The van der Waals surface area contributed by atoms with Crippen LogP contribution in [0, 0.1) is 17.3 Å². The van der Waals surface area contributed by atoms with Gasteiger partial charge in [0.2, 0.25) is 5.91 Å². The van der Waals surface area contributed by atoms with Crippen molar-refractivity contribution < 1.29 is 4.79 Å². The Labute approximate surface area is 83.4 Å². The van der Waals surface area contributed by atoms with Gasteiger partial charge in [-0.3, -0.25) is 4.79 Å². The molecule has 2 nitrogen and oxygen atoms in total. The van der Waals surface area contributed by atoms with Gasteiger partial charge in [0.05, 0.1) is 12.0 Å². The SMILES string of the molecule is C[C@]12C=CC=C[C@@H]3[C@@H](C=C1)NC(=O)[C@@H]32. The van der Waals surface area contributed by atoms with Crippen molar-refractivity contribution in [1.82, 2.24) is 5.32 Å². The molecule has 1 aliphatic heterocycles. The zero-order valence-corrected chi connectivity index (χ0v) is 8.10. The summed E-state index contributed by atoms with van der Waals surface area (Å²) in [6, 6.07) is 0.219. The summed E-state index contributed by atoms with van der Waals surface area (Å²) in [5, 5.41) is 3.03. The van der Waals surface area contributed by atoms with E-state index in [4.69, 9.17) is 0 Å². The van der Waals surface area contributed by atoms with Gasteiger partial charge in [0, 0.05) is 11.3 Å². The van der Waals surface area contributed by atoms with E-state index in [1.54, 1.807) is 0 Å². The molecule has 0 aromatic carbocycles. The third-order valence-electron chi connectivity index (χ3n) is 3.62. The summed E-state index contributed by atoms with van der Waals surface area (Å²) < 4.78 is 0. The van der Waals surface area contributed by atoms with Gasteiger partial charge in [0.15, 0.2) is 0 Å². The summed E-state index contributed by atoms with van der Waals surface area (Å²) in [7, 11) is 0. The van der Waals surface area contributed by atoms with Crippen molar-refractivity contribution in [3.63, 3.8) is 0 Å². The summed E-state index contributed by atoms with van der Waals surface area (Å²) in [6.07, 6.45) is 12.7. The monoisotopic (exact) mass is 187 g/mol. The molecule has 0 radical (unpaired) electrons. The fourth-order valence-electron chi connectivity index (χ4n) is 2.87. The summed E-state index contributed by atoms with van der Waals surface area (Å²) in [5.74, 6) is 0.628. The molecule has 2 aliphatic carbocycles. The molecule has 3 rings (SSSR count). The Morgan fingerprint density at radius 2 is 2.14 bits per heavy atom. The smallest absolute Gasteiger partial charge is 0.225 e. The Balaban J connectivity index is 2.20. The van der Waals surface area contributed by atoms with Gasteiger partial charge in [0.1, 0.15) is 0 Å². The van der Waals surface area contributed by atoms with Gasteiger partial charge in [-0.2, -0.15) is 0 Å². The molecule has 0 saturated carbocycles. The molecule has 1 saturated heterocycles. The standard InChI is InChI=1S/C12H13NO/c1-12-6-3-2-4-8-9(5-7-12)13-11(14)10(8)12/h2-10H,1H3,(H,13,14)/t8-,9-,10-,12+/m1/s1. The second kappa shape index (κ2) is 2.38. The lowest BCUT2D eigenvalue weighted by Gasteiger charge is -2.33. The molecule has 72 valence electrons. The van der Waals surface area contributed by atoms with Crippen molar-refractivity contribution >= 4 is 5.91 Å². The number of allylic oxidation sites excluding steroid dienone is 4. The fraction of sp³-hybridized carbons (Fsp3) is 0.417. The quantitative estimate of drug-likeness (QED) is 0.571. The van der Waals surface area contributed by atoms with Crippen molar-refractivity contribution in [2.75, 3.05) is 0 Å². The van der Waals surface area contributed by atoms with Gasteiger partial charge < -0.3 is 5.32 Å². The molecular formula is C12H13NO. The van der Waals surface area contributed by atoms with Crippen LogP contribution in [0.1, 0.15) is 6.92 Å². The van der Waals surface area contributed by atoms with Crippen LogP contribution < -0.4 is 5.32 Å². The molecule has 0 spiro atoms. The zero-order chi connectivity index (χ0) is 9.76. The number of hydrogen-bond acceptors (Lipinski definition) is 1. The van der Waals surface area contributed by atoms with Crippen LogP contribution in [0.4, 0.5) is 0 Å². The van der Waals surface area contributed by atoms with Gasteiger partial charge >= 0.3 is 0 Å². The molecular weight excluding hydrogens is 174 g/mol. The lowest BCUT2D eigenvalue weighted by molar-refractivity contribution is -0.124. The van der Waals surface area contributed by atoms with Gasteiger partial charge in [-0.25, -0.2) is 0 Å². The van der Waals surface area contributed by atoms with Crippen molar-refractivity contribution in [2.45, 2.75) is 13.0 Å². The Morgan fingerprint density at radius 3 is 3.00 bits per heavy atom. The minimum Gasteiger partial charge on any atom is -0.349 e. The molecule has 0 aromatic heterocycles. The summed E-state index contributed by atoms with van der Waals surface area (Å²) in [4.78, 5) is 11.8. The topological polar surface area (TPSA) is 29.1 Å². The van der Waals surface area contributed by atoms with E-state index in [-0.39, 0.29) is 23.3 Å². The average Bonchev–Trinajstić information content (AvgIpc) is 2.31. The molecule has 4 atom stereocenters. The molecule has 14 heavy (non-hydrogen) atoms. The van der Waals surface area contributed by atoms with Crippen molar-refractivity contribution in [3.8, 4) is 0 Å². The lowest BCUT2D eigenvalue weighted by Crippen LogP contribution is -2.34. The molecule has 1 fully saturated rings. The van der Waals surface area contributed by atoms with E-state index in [0.29, 0.717) is 5.92 Å². The second-order valence-corrected chi connectivity index (χ2v) is 4.56. The van der Waals surface area contributed by atoms with Crippen LogP contribution in [0.15, 0.2) is 36.5 Å². The summed E-state index contributed by atoms with van der Waals surface area (Å²) in [6.45, 7) is 2.13. The third-order valence-corrected chi connectivity index (χ3v) is 3.62. The van der Waals surface area contributed by atoms with Gasteiger partial charge in [-0.05, 0) is 0 Å². The van der Waals surface area contributed by atoms with E-state index < -0.39 is 0 Å². The van der Waals surface area contributed by atoms with Crippen molar-refractivity contribution in [3.05, 3.63) is 36.5 Å². The van der Waals surface area contributed by atoms with Crippen LogP contribution in [0.3, 0.4) is 0 Å². The Bertz CT molecular complexity index is 380. The van der Waals surface area contributed by atoms with E-state index in [0.717, 1.165) is 0 Å². The first-order chi connectivity index (χ1) is 6.71. The van der Waals surface area contributed by atoms with Crippen LogP contribution in [-0.2, 0) is 4.79 Å². The van der Waals surface area contributed by atoms with E-state index in [1.165, 1.54) is 0 Å². The van der Waals surface area contributed by atoms with Crippen molar-refractivity contribution in [2.24, 2.45) is 17.3 Å². The van der Waals surface area contributed by atoms with E-state index in [9.17, 15) is 4.79 Å². The maximum Gasteiger partial charge on any atom is 0.225 e. The molecule has 1 amide bonds. The van der Waals surface area contributed by atoms with Crippen LogP contribution in [0.25, 0.3) is 0 Å². The first-order valence-corrected chi connectivity index (χ1v) is 5.06. The van der Waals surface area contributed by atoms with Crippen LogP contribution in [-0.4, -0.2) is 11.9 Å². The van der Waals surface area contributed by atoms with Gasteiger partial charge in [-0.15, -0.1) is 0 Å². The Hall–Kier alpha value is -1.31. The first-order valence-electron chi connectivity index (χ1n) is 5.06. The number of nitrogens with one attached hydrogen (secondary N) is 1. The first kappa shape index (κ1) is 8.04. The lowest BCUT2D eigenvalue weighted by atomic mass is 9.67. The third kappa shape index (κ3) is 0.834. The molecule has 2 heteroatoms. The van der Waals surface area contributed by atoms with Crippen LogP contribution in [0.2, 0.25) is 0 Å². The number of carbonyl (C=O) groups is 1. The second-order valence-electron chi connectivity index (χ2n) is 4.56. The highest BCUT2D eigenvalue weighted by atomic mass is 16.2. The van der Waals surface area contributed by atoms with Crippen LogP contribution >= 0.6 is 0 Å². The predicted octanol–water partition coefficient (Wildman–Crippen LogP) is 1.42. The predicted molar refractivity (Wildman–Crippen MR) is 54.4 cm³/mol. The molecule has 4 bridgehead atoms. The average molecular weight is 187 g/mol. The molecule has 0 unspecified atom stereocenters. The number of hydrogen-bond donors (Lipinski definition) is 1. The maximum atomic E-state index is 11.8. The minimum absolute atomic E-state index is 0.0903. The van der Waals surface area contributed by atoms with E-state index >= 15 is 0 Å². The molecule has 1 N–H and O–H groups in total. The molecule has 0 aromatic rings. The van der Waals surface area contributed by atoms with E-state index in [2.05, 4.69) is 48.7 Å². The summed E-state index contributed by atoms with van der Waals surface area (Å²) >= 11 is 0. The minimum atomic E-state index is -0.0920. The number of carbonyl (C=O) groups excluding carboxylic acids is 1. The van der Waals surface area contributed by atoms with Crippen molar-refractivity contribution in [1.29, 1.82) is 0 Å². The maximum absolute atomic E-state index is 11.8. The number of rotatable bonds is 0. The summed E-state index contributed by atoms with van der Waals surface area (Å²) in [5.41, 5.74) is -0.0920. The zero-order valence-electron chi connectivity index (χ0n) is 8.10. The van der Waals surface area contributed by atoms with Crippen LogP contribution in [0.5, 0.6) is 0 Å². The molecule has 3 aliphatic rings. The normalized spacial score (nSPS) is 47.8. The van der Waals surface area contributed by atoms with Gasteiger partial charge in [-0.1, -0.05) is 43.4 Å². The Morgan fingerprint density at radius 1 is 1.29 bits per heavy atom. The number of amides is 1. The molecule has 1 heterocycles. The van der Waals surface area contributed by atoms with Gasteiger partial charge in [0.25, 0.3) is 0 Å². The Kier molecular flexibility index (Phi) is 1.37.